The van der Waals surface area contributed by atoms with Crippen LogP contribution in [0.1, 0.15) is 34.5 Å². The van der Waals surface area contributed by atoms with Gasteiger partial charge in [0.2, 0.25) is 0 Å². The third-order valence-electron chi connectivity index (χ3n) is 2.96. The number of thiophene rings is 1. The molecule has 0 aromatic carbocycles. The average Bonchev–Trinajstić information content (AvgIpc) is 2.50. The van der Waals surface area contributed by atoms with Gasteiger partial charge in [0.25, 0.3) is 0 Å². The average molecular weight is 210 g/mol. The van der Waals surface area contributed by atoms with E-state index in [9.17, 15) is 4.79 Å². The van der Waals surface area contributed by atoms with Gasteiger partial charge in [-0.2, -0.15) is 0 Å². The van der Waals surface area contributed by atoms with E-state index < -0.39 is 5.60 Å². The van der Waals surface area contributed by atoms with Gasteiger partial charge in [-0.3, -0.25) is 4.79 Å². The van der Waals surface area contributed by atoms with E-state index in [1.165, 1.54) is 4.88 Å². The first kappa shape index (κ1) is 9.87. The molecule has 1 heterocycles. The predicted octanol–water partition coefficient (Wildman–Crippen LogP) is 2.81. The fraction of sp³-hybridized carbons (Fsp3) is 0.545. The van der Waals surface area contributed by atoms with E-state index in [0.29, 0.717) is 0 Å². The predicted molar refractivity (Wildman–Crippen MR) is 57.0 cm³/mol. The molecule has 0 unspecified atom stereocenters. The van der Waals surface area contributed by atoms with Crippen molar-refractivity contribution in [3.05, 3.63) is 21.9 Å². The second-order valence-electron chi connectivity index (χ2n) is 3.83. The number of ketones is 1. The summed E-state index contributed by atoms with van der Waals surface area (Å²) in [6.07, 6.45) is 2.84. The first-order valence-corrected chi connectivity index (χ1v) is 5.71. The molecule has 2 rings (SSSR count). The quantitative estimate of drug-likeness (QED) is 0.717. The van der Waals surface area contributed by atoms with Gasteiger partial charge in [0.05, 0.1) is 0 Å². The summed E-state index contributed by atoms with van der Waals surface area (Å²) >= 11 is 1.62. The molecule has 0 radical (unpaired) electrons. The third kappa shape index (κ3) is 1.41. The van der Waals surface area contributed by atoms with Crippen LogP contribution in [-0.4, -0.2) is 18.5 Å². The molecule has 0 N–H and O–H groups in total. The van der Waals surface area contributed by atoms with Crippen molar-refractivity contribution in [3.63, 3.8) is 0 Å². The minimum Gasteiger partial charge on any atom is -0.370 e. The largest absolute Gasteiger partial charge is 0.370 e. The zero-order valence-electron chi connectivity index (χ0n) is 8.50. The summed E-state index contributed by atoms with van der Waals surface area (Å²) in [6, 6.07) is 1.95. The Balaban J connectivity index is 2.23. The summed E-state index contributed by atoms with van der Waals surface area (Å²) in [6.45, 7) is 2.02. The van der Waals surface area contributed by atoms with Crippen LogP contribution in [0.4, 0.5) is 0 Å². The number of rotatable bonds is 3. The van der Waals surface area contributed by atoms with Crippen LogP contribution >= 0.6 is 11.3 Å². The summed E-state index contributed by atoms with van der Waals surface area (Å²) in [5, 5.41) is 1.93. The summed E-state index contributed by atoms with van der Waals surface area (Å²) in [5.41, 5.74) is 0.321. The highest BCUT2D eigenvalue weighted by atomic mass is 32.1. The van der Waals surface area contributed by atoms with E-state index >= 15 is 0 Å². The van der Waals surface area contributed by atoms with Gasteiger partial charge in [-0.1, -0.05) is 0 Å². The SMILES string of the molecule is COC1(C(=O)c2csc(C)c2)CCC1. The normalized spacial score (nSPS) is 19.0. The van der Waals surface area contributed by atoms with Crippen LogP contribution in [0.25, 0.3) is 0 Å². The molecule has 1 saturated carbocycles. The van der Waals surface area contributed by atoms with Crippen LogP contribution in [0.15, 0.2) is 11.4 Å². The molecule has 1 aromatic heterocycles. The Hall–Kier alpha value is -0.670. The highest BCUT2D eigenvalue weighted by Crippen LogP contribution is 2.38. The Kier molecular flexibility index (Phi) is 2.45. The smallest absolute Gasteiger partial charge is 0.195 e. The second kappa shape index (κ2) is 3.48. The standard InChI is InChI=1S/C11H14O2S/c1-8-6-9(7-14-8)10(12)11(13-2)4-3-5-11/h6-7H,3-5H2,1-2H3. The van der Waals surface area contributed by atoms with E-state index in [1.807, 2.05) is 18.4 Å². The number of ether oxygens (including phenoxy) is 1. The molecule has 1 aliphatic carbocycles. The number of hydrogen-bond donors (Lipinski definition) is 0. The van der Waals surface area contributed by atoms with Gasteiger partial charge in [-0.05, 0) is 32.3 Å². The maximum atomic E-state index is 12.1. The lowest BCUT2D eigenvalue weighted by molar-refractivity contribution is -0.0448. The lowest BCUT2D eigenvalue weighted by Crippen LogP contribution is -2.46. The van der Waals surface area contributed by atoms with Gasteiger partial charge in [-0.15, -0.1) is 11.3 Å². The molecule has 0 bridgehead atoms. The molecular formula is C11H14O2S. The maximum absolute atomic E-state index is 12.1. The Labute approximate surface area is 87.9 Å². The van der Waals surface area contributed by atoms with Crippen LogP contribution in [-0.2, 0) is 4.74 Å². The van der Waals surface area contributed by atoms with Crippen molar-refractivity contribution in [1.82, 2.24) is 0 Å². The van der Waals surface area contributed by atoms with Crippen LogP contribution in [0.2, 0.25) is 0 Å². The van der Waals surface area contributed by atoms with Crippen LogP contribution in [0.3, 0.4) is 0 Å². The molecule has 1 fully saturated rings. The van der Waals surface area contributed by atoms with Crippen molar-refractivity contribution in [2.45, 2.75) is 31.8 Å². The monoisotopic (exact) mass is 210 g/mol. The van der Waals surface area contributed by atoms with Crippen LogP contribution in [0.5, 0.6) is 0 Å². The molecule has 0 atom stereocenters. The lowest BCUT2D eigenvalue weighted by Gasteiger charge is -2.38. The number of hydrogen-bond acceptors (Lipinski definition) is 3. The fourth-order valence-corrected chi connectivity index (χ4v) is 2.53. The molecule has 76 valence electrons. The van der Waals surface area contributed by atoms with E-state index in [1.54, 1.807) is 18.4 Å². The summed E-state index contributed by atoms with van der Waals surface area (Å²) in [4.78, 5) is 13.3. The highest BCUT2D eigenvalue weighted by Gasteiger charge is 2.44. The number of Topliss-reactive ketones (excluding diaryl/α,β-unsaturated/α-hetero) is 1. The molecule has 2 nitrogen and oxygen atoms in total. The molecule has 0 amide bonds. The van der Waals surface area contributed by atoms with E-state index in [2.05, 4.69) is 0 Å². The van der Waals surface area contributed by atoms with Crippen molar-refractivity contribution in [2.75, 3.05) is 7.11 Å². The van der Waals surface area contributed by atoms with Crippen molar-refractivity contribution < 1.29 is 9.53 Å². The highest BCUT2D eigenvalue weighted by molar-refractivity contribution is 7.10. The third-order valence-corrected chi connectivity index (χ3v) is 3.82. The summed E-state index contributed by atoms with van der Waals surface area (Å²) < 4.78 is 5.35. The van der Waals surface area contributed by atoms with Crippen molar-refractivity contribution in [2.24, 2.45) is 0 Å². The lowest BCUT2D eigenvalue weighted by atomic mass is 9.75. The topological polar surface area (TPSA) is 26.3 Å². The van der Waals surface area contributed by atoms with Gasteiger partial charge >= 0.3 is 0 Å². The Morgan fingerprint density at radius 1 is 1.57 bits per heavy atom. The van der Waals surface area contributed by atoms with Crippen molar-refractivity contribution >= 4 is 17.1 Å². The second-order valence-corrected chi connectivity index (χ2v) is 4.94. The van der Waals surface area contributed by atoms with Gasteiger partial charge in [0.15, 0.2) is 5.78 Å². The van der Waals surface area contributed by atoms with Crippen molar-refractivity contribution in [3.8, 4) is 0 Å². The maximum Gasteiger partial charge on any atom is 0.195 e. The number of carbonyl (C=O) groups is 1. The molecule has 0 spiro atoms. The first-order chi connectivity index (χ1) is 6.68. The summed E-state index contributed by atoms with van der Waals surface area (Å²) in [7, 11) is 1.64. The minimum absolute atomic E-state index is 0.163. The Morgan fingerprint density at radius 2 is 2.29 bits per heavy atom. The minimum atomic E-state index is -0.493. The Bertz CT molecular complexity index is 344. The van der Waals surface area contributed by atoms with Gasteiger partial charge in [-0.25, -0.2) is 0 Å². The van der Waals surface area contributed by atoms with Gasteiger partial charge < -0.3 is 4.74 Å². The van der Waals surface area contributed by atoms with Gasteiger partial charge in [0, 0.05) is 22.9 Å². The molecule has 0 aliphatic heterocycles. The fourth-order valence-electron chi connectivity index (χ4n) is 1.85. The molecule has 1 aliphatic rings. The zero-order chi connectivity index (χ0) is 10.2. The van der Waals surface area contributed by atoms with E-state index in [-0.39, 0.29) is 5.78 Å². The summed E-state index contributed by atoms with van der Waals surface area (Å²) in [5.74, 6) is 0.163. The molecule has 3 heteroatoms. The van der Waals surface area contributed by atoms with Gasteiger partial charge in [0.1, 0.15) is 5.60 Å². The molecule has 0 saturated heterocycles. The number of methoxy groups -OCH3 is 1. The zero-order valence-corrected chi connectivity index (χ0v) is 9.32. The molecule has 14 heavy (non-hydrogen) atoms. The van der Waals surface area contributed by atoms with Crippen molar-refractivity contribution in [1.29, 1.82) is 0 Å². The van der Waals surface area contributed by atoms with Crippen LogP contribution < -0.4 is 0 Å². The molecule has 1 aromatic rings. The molecular weight excluding hydrogens is 196 g/mol. The van der Waals surface area contributed by atoms with E-state index in [0.717, 1.165) is 24.8 Å². The number of aryl methyl sites for hydroxylation is 1. The number of carbonyl (C=O) groups excluding carboxylic acids is 1. The first-order valence-electron chi connectivity index (χ1n) is 4.83. The van der Waals surface area contributed by atoms with E-state index in [4.69, 9.17) is 4.74 Å². The van der Waals surface area contributed by atoms with Crippen LogP contribution in [0, 0.1) is 6.92 Å². The Morgan fingerprint density at radius 3 is 2.64 bits per heavy atom.